The largest absolute Gasteiger partial charge is 2.00 e. The van der Waals surface area contributed by atoms with Crippen molar-refractivity contribution in [3.05, 3.63) is 441 Å². The van der Waals surface area contributed by atoms with Gasteiger partial charge in [-0.1, -0.05) is 213 Å². The van der Waals surface area contributed by atoms with Crippen LogP contribution in [-0.4, -0.2) is 87.7 Å². The molecule has 0 aliphatic carbocycles. The van der Waals surface area contributed by atoms with Crippen LogP contribution in [0.4, 0.5) is 0 Å². The Labute approximate surface area is 769 Å². The van der Waals surface area contributed by atoms with Crippen LogP contribution in [0.1, 0.15) is 5.56 Å². The van der Waals surface area contributed by atoms with Gasteiger partial charge < -0.3 is 59.9 Å². The van der Waals surface area contributed by atoms with E-state index in [4.69, 9.17) is 4.74 Å². The minimum absolute atomic E-state index is 0. The first-order valence-electron chi connectivity index (χ1n) is 36.6. The van der Waals surface area contributed by atoms with Gasteiger partial charge in [0, 0.05) is 44.7 Å². The van der Waals surface area contributed by atoms with E-state index >= 15 is 0 Å². The molecule has 19 rings (SSSR count). The van der Waals surface area contributed by atoms with E-state index in [9.17, 15) is 0 Å². The van der Waals surface area contributed by atoms with Gasteiger partial charge in [0.2, 0.25) is 0 Å². The predicted octanol–water partition coefficient (Wildman–Crippen LogP) is 14.4. The molecule has 2 unspecified atom stereocenters. The van der Waals surface area contributed by atoms with Gasteiger partial charge in [0.25, 0.3) is 0 Å². The summed E-state index contributed by atoms with van der Waals surface area (Å²) in [5.74, 6) is 1.70. The van der Waals surface area contributed by atoms with Crippen molar-refractivity contribution in [3.63, 3.8) is 0 Å². The molecular formula is C93H87Cu4N20OP5+3. The summed E-state index contributed by atoms with van der Waals surface area (Å²) >= 11 is 0. The minimum Gasteiger partial charge on any atom is -0.513 e. The van der Waals surface area contributed by atoms with Crippen molar-refractivity contribution in [1.29, 1.82) is 0 Å². The minimum atomic E-state index is -1.18. The SMILES string of the molecule is P.P.[CH2-]C[PH+](c1ccccc1)c1ccccc1.[CH2-]c1ccccc1Oc1ccccc1[PH+](c1ccccc1)c1ccccc1.[CH3-].[Cu+2].[Cu+2].[Cu+2].[Cu+].c1ccc(-c2cn[nH]n2)nc1.c1ccc(-c2cnn[n-]2)nc1.c1ccc(-c2cnn[n-]2)nc1.c1ccc(-c2cnn[n-]2)nc1.c1ccc(-c2cnn[n-]2)nc1.c1ccc([PH+](c2ccccc2)c2ccccc2)cc1. The fourth-order valence-electron chi connectivity index (χ4n) is 11.3. The summed E-state index contributed by atoms with van der Waals surface area (Å²) in [6.45, 7) is 8.17. The van der Waals surface area contributed by atoms with E-state index in [0.717, 1.165) is 57.4 Å². The van der Waals surface area contributed by atoms with Crippen LogP contribution in [0.15, 0.2) is 414 Å². The molecule has 631 valence electrons. The van der Waals surface area contributed by atoms with Gasteiger partial charge in [-0.05, 0) is 181 Å². The van der Waals surface area contributed by atoms with Crippen LogP contribution in [0.5, 0.6) is 11.5 Å². The van der Waals surface area contributed by atoms with Crippen molar-refractivity contribution < 1.29 is 73.0 Å². The molecule has 0 amide bonds. The van der Waals surface area contributed by atoms with Crippen molar-refractivity contribution >= 4 is 86.0 Å². The van der Waals surface area contributed by atoms with Gasteiger partial charge in [-0.15, -0.1) is 6.07 Å². The topological polar surface area (TPSA) is 275 Å². The van der Waals surface area contributed by atoms with Crippen LogP contribution in [0.3, 0.4) is 0 Å². The van der Waals surface area contributed by atoms with Crippen molar-refractivity contribution in [2.45, 2.75) is 0 Å². The molecule has 3 radical (unpaired) electrons. The molecule has 21 nitrogen and oxygen atoms in total. The summed E-state index contributed by atoms with van der Waals surface area (Å²) in [6, 6.07) is 120. The number of benzene rings is 9. The van der Waals surface area contributed by atoms with Gasteiger partial charge in [-0.2, -0.15) is 53.8 Å². The molecule has 0 aliphatic heterocycles. The Hall–Kier alpha value is -11.7. The molecule has 2 atom stereocenters. The molecule has 0 fully saturated rings. The Morgan fingerprint density at radius 2 is 0.561 bits per heavy atom. The number of rotatable bonds is 16. The summed E-state index contributed by atoms with van der Waals surface area (Å²) in [5, 5.41) is 64.5. The molecular weight excluding hydrogens is 1820 g/mol. The predicted molar refractivity (Wildman–Crippen MR) is 497 cm³/mol. The molecule has 123 heavy (non-hydrogen) atoms. The quantitative estimate of drug-likeness (QED) is 0.0534. The van der Waals surface area contributed by atoms with Crippen LogP contribution >= 0.6 is 43.6 Å². The Bertz CT molecular complexity index is 5170. The number of aromatic amines is 1. The van der Waals surface area contributed by atoms with E-state index in [1.807, 2.05) is 121 Å². The normalized spacial score (nSPS) is 9.66. The average molecular weight is 1910 g/mol. The fourth-order valence-corrected chi connectivity index (χ4v) is 18.6. The molecule has 9 aromatic carbocycles. The molecule has 10 heterocycles. The number of para-hydroxylation sites is 2. The average Bonchev–Trinajstić information content (AvgIpc) is 1.60. The van der Waals surface area contributed by atoms with Crippen LogP contribution in [0.2, 0.25) is 0 Å². The van der Waals surface area contributed by atoms with E-state index in [0.29, 0.717) is 22.8 Å². The summed E-state index contributed by atoms with van der Waals surface area (Å²) in [5.41, 5.74) is 8.56. The molecule has 30 heteroatoms. The summed E-state index contributed by atoms with van der Waals surface area (Å²) in [7, 11) is -2.71. The first-order chi connectivity index (χ1) is 57.5. The van der Waals surface area contributed by atoms with Gasteiger partial charge in [-0.25, -0.2) is 0 Å². The number of ether oxygens (including phenoxy) is 1. The molecule has 0 bridgehead atoms. The number of nitrogens with one attached hydrogen (secondary N) is 1. The Morgan fingerprint density at radius 1 is 0.293 bits per heavy atom. The molecule has 0 spiro atoms. The monoisotopic (exact) mass is 1910 g/mol. The van der Waals surface area contributed by atoms with Crippen LogP contribution in [0.25, 0.3) is 56.9 Å². The Kier molecular flexibility index (Phi) is 48.3. The number of hydrogen-bond acceptors (Lipinski definition) is 16. The number of pyridine rings is 5. The van der Waals surface area contributed by atoms with Crippen LogP contribution in [0, 0.1) is 21.3 Å². The van der Waals surface area contributed by atoms with E-state index < -0.39 is 23.8 Å². The third-order valence-corrected chi connectivity index (χ3v) is 24.8. The summed E-state index contributed by atoms with van der Waals surface area (Å²) in [6.07, 6.45) is 17.6. The molecule has 0 saturated heterocycles. The van der Waals surface area contributed by atoms with Crippen molar-refractivity contribution in [2.75, 3.05) is 6.16 Å². The summed E-state index contributed by atoms with van der Waals surface area (Å²) in [4.78, 5) is 20.4. The second-order valence-corrected chi connectivity index (χ2v) is 32.0. The standard InChI is InChI=1S/C25H20OP.C18H15P.C14H14P.C7H6N4.4C7H5N4.CH3.4Cu.2H3P/c1-20-12-8-9-17-23(20)26-24-18-10-11-19-25(24)27(21-13-4-2-5-14-21)22-15-6-3-7-16-22;1-4-10-16(11-5-1)19(17-12-6-2-7-13-17)18-14-8-3-9-15-18;1-2-15(13-9-5-3-6-10-13)14-11-7-4-8-12-14;5*1-2-4-8-6(3-1)7-5-9-11-10-7;;;;;;;/h2-19H,1H2;1-15H;3-12H,1-2H2;1-5H,(H,9,10,11);4*1-5H;1H3;;;;;2*1H3/q-1;;-1;;5*-1;+1;3*+2;;/p+3. The van der Waals surface area contributed by atoms with Gasteiger partial charge >= 0.3 is 68.3 Å². The Balaban J connectivity index is 0.000000254. The van der Waals surface area contributed by atoms with Crippen LogP contribution in [-0.2, 0) is 68.3 Å². The van der Waals surface area contributed by atoms with Crippen molar-refractivity contribution in [2.24, 2.45) is 0 Å². The number of aromatic nitrogens is 20. The molecule has 19 aromatic rings. The van der Waals surface area contributed by atoms with Crippen molar-refractivity contribution in [1.82, 2.24) is 102 Å². The van der Waals surface area contributed by atoms with Crippen molar-refractivity contribution in [3.8, 4) is 68.4 Å². The third-order valence-electron chi connectivity index (χ3n) is 16.7. The molecule has 1 N–H and O–H groups in total. The maximum atomic E-state index is 6.33. The second-order valence-electron chi connectivity index (χ2n) is 24.5. The van der Waals surface area contributed by atoms with Crippen LogP contribution < -0.4 is 67.6 Å². The molecule has 0 saturated carbocycles. The second kappa shape index (κ2) is 58.4. The first-order valence-corrected chi connectivity index (χ1v) is 41.4. The smallest absolute Gasteiger partial charge is 0.513 e. The van der Waals surface area contributed by atoms with Gasteiger partial charge in [0.05, 0.1) is 53.2 Å². The van der Waals surface area contributed by atoms with Gasteiger partial charge in [0.15, 0.2) is 5.75 Å². The fraction of sp³-hybridized carbons (Fsp3) is 0.0108. The first kappa shape index (κ1) is 102. The van der Waals surface area contributed by atoms with E-state index in [2.05, 4.69) is 346 Å². The maximum absolute atomic E-state index is 6.33. The maximum Gasteiger partial charge on any atom is 2.00 e. The zero-order valence-corrected chi connectivity index (χ0v) is 76.0. The van der Waals surface area contributed by atoms with Gasteiger partial charge in [0.1, 0.15) is 45.4 Å². The molecule has 10 aromatic heterocycles. The molecule has 0 aliphatic rings. The van der Waals surface area contributed by atoms with E-state index in [1.54, 1.807) is 62.0 Å². The number of hydrogen-bond donors (Lipinski definition) is 1. The van der Waals surface area contributed by atoms with Gasteiger partial charge in [-0.3, -0.25) is 45.8 Å². The van der Waals surface area contributed by atoms with E-state index in [1.165, 1.54) is 42.4 Å². The zero-order valence-electron chi connectivity index (χ0n) is 66.4. The number of nitrogens with zero attached hydrogens (tertiary/aromatic N) is 19. The summed E-state index contributed by atoms with van der Waals surface area (Å²) < 4.78 is 6.33. The Morgan fingerprint density at radius 3 is 0.829 bits per heavy atom. The third kappa shape index (κ3) is 32.6. The number of H-pyrrole nitrogens is 1. The van der Waals surface area contributed by atoms with E-state index in [-0.39, 0.29) is 95.5 Å². The zero-order chi connectivity index (χ0) is 79.5.